The van der Waals surface area contributed by atoms with Crippen molar-refractivity contribution < 1.29 is 58.6 Å². The van der Waals surface area contributed by atoms with Gasteiger partial charge in [-0.2, -0.15) is 0 Å². The molecule has 0 spiro atoms. The van der Waals surface area contributed by atoms with Crippen LogP contribution < -0.4 is 47.4 Å². The maximum Gasteiger partial charge on any atom is 0.421 e. The number of anilines is 3. The lowest BCUT2D eigenvalue weighted by Gasteiger charge is -2.21. The number of fused-ring (bicyclic) bond motifs is 3. The lowest BCUT2D eigenvalue weighted by molar-refractivity contribution is 0.0592. The number of nitrogens with two attached hydrogens (primary N) is 3. The number of ether oxygens (including phenoxy) is 7. The van der Waals surface area contributed by atoms with E-state index in [1.54, 1.807) is 101 Å². The molecule has 0 aliphatic carbocycles. The van der Waals surface area contributed by atoms with Gasteiger partial charge in [-0.3, -0.25) is 27.2 Å². The Morgan fingerprint density at radius 2 is 0.947 bits per heavy atom. The van der Waals surface area contributed by atoms with Crippen LogP contribution in [0.3, 0.4) is 0 Å². The summed E-state index contributed by atoms with van der Waals surface area (Å²) in [5.41, 5.74) is 12.6. The second-order valence-corrected chi connectivity index (χ2v) is 20.7. The lowest BCUT2D eigenvalue weighted by Crippen LogP contribution is -2.29. The van der Waals surface area contributed by atoms with E-state index in [1.807, 2.05) is 130 Å². The number of aromatic nitrogens is 6. The molecule has 8 N–H and O–H groups in total. The van der Waals surface area contributed by atoms with Gasteiger partial charge in [0, 0.05) is 37.7 Å². The quantitative estimate of drug-likeness (QED) is 0.0159. The molecule has 490 valence electrons. The van der Waals surface area contributed by atoms with Crippen molar-refractivity contribution in [3.63, 3.8) is 0 Å². The smallest absolute Gasteiger partial charge is 0.421 e. The van der Waals surface area contributed by atoms with Crippen LogP contribution in [0.4, 0.5) is 26.9 Å². The number of carbonyl (C=O) groups excluding carboxylic acids is 5. The van der Waals surface area contributed by atoms with E-state index in [0.29, 0.717) is 51.6 Å². The van der Waals surface area contributed by atoms with Gasteiger partial charge in [-0.05, 0) is 163 Å². The number of esters is 2. The summed E-state index contributed by atoms with van der Waals surface area (Å²) in [6, 6.07) is 50.3. The Bertz CT molecular complexity index is 4410. The van der Waals surface area contributed by atoms with E-state index >= 15 is 0 Å². The molecule has 11 aromatic rings. The van der Waals surface area contributed by atoms with Crippen LogP contribution in [0.2, 0.25) is 5.28 Å². The number of methoxy groups -OCH3 is 5. The van der Waals surface area contributed by atoms with Crippen LogP contribution in [0.1, 0.15) is 71.7 Å². The number of rotatable bonds is 15. The van der Waals surface area contributed by atoms with Crippen molar-refractivity contribution in [2.45, 2.75) is 40.4 Å². The van der Waals surface area contributed by atoms with Crippen molar-refractivity contribution in [1.82, 2.24) is 35.3 Å². The molecule has 0 aliphatic heterocycles. The van der Waals surface area contributed by atoms with Gasteiger partial charge in [-0.1, -0.05) is 72.8 Å². The van der Waals surface area contributed by atoms with Crippen molar-refractivity contribution in [2.24, 2.45) is 17.5 Å². The van der Waals surface area contributed by atoms with Gasteiger partial charge in [0.15, 0.2) is 0 Å². The highest BCUT2D eigenvalue weighted by Gasteiger charge is 2.24. The molecule has 0 atom stereocenters. The number of aryl methyl sites for hydroxylation is 3. The van der Waals surface area contributed by atoms with E-state index in [4.69, 9.17) is 45.9 Å². The van der Waals surface area contributed by atoms with Crippen LogP contribution >= 0.6 is 11.6 Å². The maximum atomic E-state index is 13.2. The van der Waals surface area contributed by atoms with Crippen molar-refractivity contribution in [3.8, 4) is 17.2 Å². The van der Waals surface area contributed by atoms with Gasteiger partial charge in [0.25, 0.3) is 5.91 Å². The largest absolute Gasteiger partial charge is 0.496 e. The first kappa shape index (κ1) is 70.8. The molecule has 0 unspecified atom stereocenters. The summed E-state index contributed by atoms with van der Waals surface area (Å²) >= 11 is 5.70. The molecular formula is C70H71ClN12O12. The zero-order valence-corrected chi connectivity index (χ0v) is 53.9. The molecule has 11 rings (SSSR count). The van der Waals surface area contributed by atoms with Crippen LogP contribution in [0, 0.1) is 20.8 Å². The third kappa shape index (κ3) is 19.9. The van der Waals surface area contributed by atoms with Crippen LogP contribution in [-0.2, 0) is 38.6 Å². The second-order valence-electron chi connectivity index (χ2n) is 20.3. The normalized spacial score (nSPS) is 10.2. The van der Waals surface area contributed by atoms with Gasteiger partial charge >= 0.3 is 24.1 Å². The van der Waals surface area contributed by atoms with Gasteiger partial charge in [0.1, 0.15) is 36.3 Å². The average Bonchev–Trinajstić information content (AvgIpc) is 0.838. The Balaban J connectivity index is 0.000000208. The Kier molecular flexibility index (Phi) is 26.2. The molecule has 0 aliphatic rings. The summed E-state index contributed by atoms with van der Waals surface area (Å²) in [5, 5.41) is 5.32. The summed E-state index contributed by atoms with van der Waals surface area (Å²) < 4.78 is 36.1. The van der Waals surface area contributed by atoms with Gasteiger partial charge < -0.3 is 33.2 Å². The Hall–Kier alpha value is -11.7. The highest BCUT2D eigenvalue weighted by atomic mass is 35.5. The maximum absolute atomic E-state index is 13.2. The number of amides is 3. The third-order valence-corrected chi connectivity index (χ3v) is 13.9. The lowest BCUT2D eigenvalue weighted by atomic mass is 10.1. The number of nitrogens with zero attached hydrogens (tertiary/aromatic N) is 7. The van der Waals surface area contributed by atoms with Crippen molar-refractivity contribution in [3.05, 3.63) is 250 Å². The van der Waals surface area contributed by atoms with Gasteiger partial charge in [-0.15, -0.1) is 0 Å². The molecule has 3 heterocycles. The van der Waals surface area contributed by atoms with Crippen LogP contribution in [0.25, 0.3) is 32.7 Å². The summed E-state index contributed by atoms with van der Waals surface area (Å²) in [6.45, 7) is 6.20. The highest BCUT2D eigenvalue weighted by molar-refractivity contribution is 6.28. The Morgan fingerprint density at radius 1 is 0.505 bits per heavy atom. The zero-order chi connectivity index (χ0) is 68.4. The molecule has 0 fully saturated rings. The average molecular weight is 1310 g/mol. The van der Waals surface area contributed by atoms with Crippen LogP contribution in [0.15, 0.2) is 188 Å². The molecule has 24 nitrogen and oxygen atoms in total. The number of hydrazine groups is 2. The number of carbonyl (C=O) groups is 5. The van der Waals surface area contributed by atoms with Gasteiger partial charge in [-0.25, -0.2) is 59.8 Å². The minimum atomic E-state index is -0.659. The Morgan fingerprint density at radius 3 is 1.43 bits per heavy atom. The van der Waals surface area contributed by atoms with Crippen LogP contribution in [0.5, 0.6) is 17.2 Å². The predicted molar refractivity (Wildman–Crippen MR) is 363 cm³/mol. The fraction of sp³-hybridized carbons (Fsp3) is 0.157. The molecule has 3 amide bonds. The minimum Gasteiger partial charge on any atom is -0.496 e. The van der Waals surface area contributed by atoms with Gasteiger partial charge in [0.2, 0.25) is 11.2 Å². The summed E-state index contributed by atoms with van der Waals surface area (Å²) in [4.78, 5) is 86.8. The van der Waals surface area contributed by atoms with Crippen LogP contribution in [-0.4, -0.2) is 95.5 Å². The first-order valence-corrected chi connectivity index (χ1v) is 29.2. The first-order valence-electron chi connectivity index (χ1n) is 28.9. The molecule has 8 aromatic carbocycles. The SMILES string of the molecule is COC(=O)c1ccc(N(C(=O)OCc2ccccc2)c2ncc3c(OC)cc(C)cc3n2)cc1.COC(=O)c1ccc(NC(=O)OCc2ccccc2)cc1.COc1cc(C)cc2nc(Cc3ccc(C(=O)NN)cc3)ncc12.COc1cc(C)cc2nc(Cl)ncc12.NN.[HH]. The fourth-order valence-electron chi connectivity index (χ4n) is 9.09. The zero-order valence-electron chi connectivity index (χ0n) is 53.2. The van der Waals surface area contributed by atoms with E-state index in [-0.39, 0.29) is 31.8 Å². The standard InChI is InChI=1S/C26H23N3O5.C18H18N4O2.C16H15NO4.C10H9ClN2O.H4N2.H2/c1-17-13-22-21(23(14-17)32-2)15-27-25(28-22)29(20-11-9-19(10-12-20)24(30)33-3)26(31)34-16-18-7-5-4-6-8-18;1-11-7-15-14(16(8-11)24-2)10-20-17(21-15)9-12-3-5-13(6-4-12)18(23)22-19;1-20-15(18)13-7-9-14(10-8-13)17-16(19)21-11-12-5-3-2-4-6-12;1-6-3-8-7(9(4-6)14-2)5-12-10(11)13-8;1-2;/h4-15H,16H2,1-3H3;3-8,10H,9,19H2,1-2H3,(H,22,23);2-10H,11H2,1H3,(H,17,19);3-5H,1-2H3;1-2H2;1H. The third-order valence-electron chi connectivity index (χ3n) is 13.7. The van der Waals surface area contributed by atoms with E-state index in [0.717, 1.165) is 72.1 Å². The van der Waals surface area contributed by atoms with E-state index in [9.17, 15) is 24.0 Å². The number of hydrogen-bond donors (Lipinski definition) is 5. The Labute approximate surface area is 553 Å². The molecule has 0 saturated carbocycles. The predicted octanol–water partition coefficient (Wildman–Crippen LogP) is 12.2. The number of benzene rings is 8. The number of nitrogen functional groups attached to an aromatic ring is 1. The van der Waals surface area contributed by atoms with Crippen molar-refractivity contribution in [1.29, 1.82) is 0 Å². The minimum absolute atomic E-state index is 0. The van der Waals surface area contributed by atoms with Crippen molar-refractivity contribution in [2.75, 3.05) is 45.8 Å². The molecule has 0 saturated heterocycles. The van der Waals surface area contributed by atoms with Gasteiger partial charge in [0.05, 0.1) is 85.1 Å². The molecular weight excluding hydrogens is 1240 g/mol. The summed E-state index contributed by atoms with van der Waals surface area (Å²) in [5.74, 6) is 14.9. The fourth-order valence-corrected chi connectivity index (χ4v) is 9.23. The molecule has 3 aromatic heterocycles. The summed E-state index contributed by atoms with van der Waals surface area (Å²) in [6.07, 6.45) is 4.43. The van der Waals surface area contributed by atoms with E-state index < -0.39 is 24.1 Å². The van der Waals surface area contributed by atoms with E-state index in [1.165, 1.54) is 19.1 Å². The molecule has 0 radical (unpaired) electrons. The number of halogens is 1. The number of hydrogen-bond acceptors (Lipinski definition) is 21. The van der Waals surface area contributed by atoms with E-state index in [2.05, 4.69) is 57.1 Å². The molecule has 25 heteroatoms. The highest BCUT2D eigenvalue weighted by Crippen LogP contribution is 2.31. The summed E-state index contributed by atoms with van der Waals surface area (Å²) in [7, 11) is 7.47. The molecule has 95 heavy (non-hydrogen) atoms. The van der Waals surface area contributed by atoms with Crippen molar-refractivity contribution >= 4 is 91.7 Å². The molecule has 0 bridgehead atoms. The number of nitrogens with one attached hydrogen (secondary N) is 2. The topological polar surface area (TPSA) is 333 Å². The first-order chi connectivity index (χ1) is 46.0. The monoisotopic (exact) mass is 1310 g/mol. The second kappa shape index (κ2) is 35.2.